The van der Waals surface area contributed by atoms with Crippen LogP contribution in [0.3, 0.4) is 0 Å². The van der Waals surface area contributed by atoms with E-state index in [1.807, 2.05) is 13.8 Å². The minimum Gasteiger partial charge on any atom is -0.377 e. The molecule has 0 aromatic rings. The average molecular weight is 216 g/mol. The van der Waals surface area contributed by atoms with Crippen LogP contribution in [0.25, 0.3) is 0 Å². The minimum atomic E-state index is -0.369. The Morgan fingerprint density at radius 1 is 1.67 bits per heavy atom. The predicted octanol–water partition coefficient (Wildman–Crippen LogP) is -0.484. The third-order valence-electron chi connectivity index (χ3n) is 2.46. The molecule has 1 atom stereocenters. The van der Waals surface area contributed by atoms with Crippen LogP contribution in [0.4, 0.5) is 0 Å². The molecule has 5 heteroatoms. The van der Waals surface area contributed by atoms with E-state index in [4.69, 9.17) is 9.47 Å². The molecule has 1 amide bonds. The van der Waals surface area contributed by atoms with Gasteiger partial charge in [-0.1, -0.05) is 0 Å². The standard InChI is InChI=1S/C10H20N2O3/c1-10(2,14-3)7-12-9(13)8-6-11-4-5-15-8/h8,11H,4-7H2,1-3H3,(H,12,13)/t8-/m0/s1. The zero-order valence-corrected chi connectivity index (χ0v) is 9.63. The molecule has 15 heavy (non-hydrogen) atoms. The molecule has 1 fully saturated rings. The zero-order valence-electron chi connectivity index (χ0n) is 9.63. The maximum Gasteiger partial charge on any atom is 0.250 e. The molecule has 1 rings (SSSR count). The highest BCUT2D eigenvalue weighted by molar-refractivity contribution is 5.81. The number of hydrogen-bond donors (Lipinski definition) is 2. The normalized spacial score (nSPS) is 22.5. The van der Waals surface area contributed by atoms with Crippen LogP contribution in [-0.2, 0) is 14.3 Å². The molecule has 88 valence electrons. The molecule has 0 bridgehead atoms. The van der Waals surface area contributed by atoms with Crippen LogP contribution >= 0.6 is 0 Å². The van der Waals surface area contributed by atoms with Gasteiger partial charge >= 0.3 is 0 Å². The third-order valence-corrected chi connectivity index (χ3v) is 2.46. The van der Waals surface area contributed by atoms with E-state index in [9.17, 15) is 4.79 Å². The van der Waals surface area contributed by atoms with Crippen LogP contribution in [0.1, 0.15) is 13.8 Å². The number of ether oxygens (including phenoxy) is 2. The van der Waals surface area contributed by atoms with Gasteiger partial charge in [-0.15, -0.1) is 0 Å². The maximum atomic E-state index is 11.6. The van der Waals surface area contributed by atoms with E-state index in [2.05, 4.69) is 10.6 Å². The Morgan fingerprint density at radius 3 is 2.93 bits per heavy atom. The summed E-state index contributed by atoms with van der Waals surface area (Å²) >= 11 is 0. The van der Waals surface area contributed by atoms with Gasteiger partial charge in [0.15, 0.2) is 0 Å². The van der Waals surface area contributed by atoms with Crippen molar-refractivity contribution in [2.45, 2.75) is 25.6 Å². The van der Waals surface area contributed by atoms with E-state index in [1.165, 1.54) is 0 Å². The topological polar surface area (TPSA) is 59.6 Å². The third kappa shape index (κ3) is 4.15. The number of nitrogens with one attached hydrogen (secondary N) is 2. The fourth-order valence-electron chi connectivity index (χ4n) is 1.22. The van der Waals surface area contributed by atoms with Crippen LogP contribution in [0.5, 0.6) is 0 Å². The molecule has 0 saturated carbocycles. The quantitative estimate of drug-likeness (QED) is 0.666. The van der Waals surface area contributed by atoms with Crippen molar-refractivity contribution in [1.29, 1.82) is 0 Å². The van der Waals surface area contributed by atoms with E-state index in [-0.39, 0.29) is 17.6 Å². The highest BCUT2D eigenvalue weighted by Gasteiger charge is 2.24. The van der Waals surface area contributed by atoms with Crippen molar-refractivity contribution >= 4 is 5.91 Å². The number of morpholine rings is 1. The van der Waals surface area contributed by atoms with Crippen LogP contribution in [0, 0.1) is 0 Å². The highest BCUT2D eigenvalue weighted by Crippen LogP contribution is 2.05. The molecule has 0 aromatic carbocycles. The lowest BCUT2D eigenvalue weighted by Gasteiger charge is -2.26. The van der Waals surface area contributed by atoms with E-state index >= 15 is 0 Å². The number of amides is 1. The molecule has 1 saturated heterocycles. The summed E-state index contributed by atoms with van der Waals surface area (Å²) in [5.41, 5.74) is -0.336. The van der Waals surface area contributed by atoms with Gasteiger partial charge in [0, 0.05) is 26.7 Å². The monoisotopic (exact) mass is 216 g/mol. The lowest BCUT2D eigenvalue weighted by Crippen LogP contribution is -2.50. The molecule has 0 unspecified atom stereocenters. The summed E-state index contributed by atoms with van der Waals surface area (Å²) in [6.45, 7) is 6.32. The van der Waals surface area contributed by atoms with E-state index in [0.717, 1.165) is 6.54 Å². The van der Waals surface area contributed by atoms with E-state index < -0.39 is 0 Å². The first-order chi connectivity index (χ1) is 7.05. The molecule has 1 aliphatic rings. The lowest BCUT2D eigenvalue weighted by molar-refractivity contribution is -0.135. The number of carbonyl (C=O) groups excluding carboxylic acids is 1. The van der Waals surface area contributed by atoms with Gasteiger partial charge in [-0.3, -0.25) is 4.79 Å². The van der Waals surface area contributed by atoms with Crippen LogP contribution in [0.2, 0.25) is 0 Å². The Balaban J connectivity index is 2.28. The van der Waals surface area contributed by atoms with Crippen molar-refractivity contribution in [3.05, 3.63) is 0 Å². The van der Waals surface area contributed by atoms with Crippen molar-refractivity contribution in [3.63, 3.8) is 0 Å². The number of methoxy groups -OCH3 is 1. The summed E-state index contributed by atoms with van der Waals surface area (Å²) in [7, 11) is 1.63. The van der Waals surface area contributed by atoms with Crippen molar-refractivity contribution in [3.8, 4) is 0 Å². The molecule has 0 radical (unpaired) electrons. The fraction of sp³-hybridized carbons (Fsp3) is 0.900. The predicted molar refractivity (Wildman–Crippen MR) is 56.7 cm³/mol. The largest absolute Gasteiger partial charge is 0.377 e. The molecule has 1 heterocycles. The van der Waals surface area contributed by atoms with Gasteiger partial charge in [-0.2, -0.15) is 0 Å². The van der Waals surface area contributed by atoms with Gasteiger partial charge in [-0.25, -0.2) is 0 Å². The maximum absolute atomic E-state index is 11.6. The summed E-state index contributed by atoms with van der Waals surface area (Å²) in [6.07, 6.45) is -0.369. The van der Waals surface area contributed by atoms with Gasteiger partial charge in [0.2, 0.25) is 0 Å². The zero-order chi connectivity index (χ0) is 11.3. The Kier molecular flexibility index (Phi) is 4.50. The summed E-state index contributed by atoms with van der Waals surface area (Å²) < 4.78 is 10.5. The van der Waals surface area contributed by atoms with Crippen molar-refractivity contribution in [2.75, 3.05) is 33.4 Å². The highest BCUT2D eigenvalue weighted by atomic mass is 16.5. The number of rotatable bonds is 4. The Bertz CT molecular complexity index is 213. The smallest absolute Gasteiger partial charge is 0.250 e. The number of carbonyl (C=O) groups is 1. The average Bonchev–Trinajstić information content (AvgIpc) is 2.27. The molecular weight excluding hydrogens is 196 g/mol. The molecular formula is C10H20N2O3. The summed E-state index contributed by atoms with van der Waals surface area (Å²) in [5, 5.41) is 5.92. The fourth-order valence-corrected chi connectivity index (χ4v) is 1.22. The molecule has 1 aliphatic heterocycles. The molecule has 0 aliphatic carbocycles. The lowest BCUT2D eigenvalue weighted by atomic mass is 10.1. The Labute approximate surface area is 90.5 Å². The second-order valence-electron chi connectivity index (χ2n) is 4.25. The second-order valence-corrected chi connectivity index (χ2v) is 4.25. The molecule has 0 spiro atoms. The minimum absolute atomic E-state index is 0.0766. The molecule has 2 N–H and O–H groups in total. The van der Waals surface area contributed by atoms with Gasteiger partial charge < -0.3 is 20.1 Å². The first kappa shape index (κ1) is 12.4. The summed E-state index contributed by atoms with van der Waals surface area (Å²) in [6, 6.07) is 0. The molecule has 0 aromatic heterocycles. The first-order valence-electron chi connectivity index (χ1n) is 5.20. The van der Waals surface area contributed by atoms with Gasteiger partial charge in [-0.05, 0) is 13.8 Å². The summed E-state index contributed by atoms with van der Waals surface area (Å²) in [4.78, 5) is 11.6. The van der Waals surface area contributed by atoms with Crippen molar-refractivity contribution in [2.24, 2.45) is 0 Å². The van der Waals surface area contributed by atoms with Gasteiger partial charge in [0.05, 0.1) is 12.2 Å². The van der Waals surface area contributed by atoms with Crippen molar-refractivity contribution in [1.82, 2.24) is 10.6 Å². The Morgan fingerprint density at radius 2 is 2.40 bits per heavy atom. The van der Waals surface area contributed by atoms with E-state index in [0.29, 0.717) is 19.7 Å². The van der Waals surface area contributed by atoms with Crippen LogP contribution < -0.4 is 10.6 Å². The molecule has 5 nitrogen and oxygen atoms in total. The van der Waals surface area contributed by atoms with Crippen LogP contribution in [0.15, 0.2) is 0 Å². The van der Waals surface area contributed by atoms with Gasteiger partial charge in [0.25, 0.3) is 5.91 Å². The first-order valence-corrected chi connectivity index (χ1v) is 5.20. The summed E-state index contributed by atoms with van der Waals surface area (Å²) in [5.74, 6) is -0.0766. The van der Waals surface area contributed by atoms with Gasteiger partial charge in [0.1, 0.15) is 6.10 Å². The van der Waals surface area contributed by atoms with Crippen LogP contribution in [-0.4, -0.2) is 51.0 Å². The SMILES string of the molecule is COC(C)(C)CNC(=O)[C@@H]1CNCCO1. The van der Waals surface area contributed by atoms with E-state index in [1.54, 1.807) is 7.11 Å². The Hall–Kier alpha value is -0.650. The number of hydrogen-bond acceptors (Lipinski definition) is 4. The van der Waals surface area contributed by atoms with Crippen molar-refractivity contribution < 1.29 is 14.3 Å². The second kappa shape index (κ2) is 5.44.